The Bertz CT molecular complexity index is 326. The first-order valence-electron chi connectivity index (χ1n) is 3.63. The van der Waals surface area contributed by atoms with Crippen LogP contribution in [-0.2, 0) is 6.54 Å². The van der Waals surface area contributed by atoms with Crippen molar-refractivity contribution < 1.29 is 17.9 Å². The molecule has 1 rings (SSSR count). The number of nitrogens with two attached hydrogens (primary N) is 2. The van der Waals surface area contributed by atoms with Crippen LogP contribution in [0, 0.1) is 0 Å². The molecule has 1 aromatic heterocycles. The molecule has 0 saturated heterocycles. The predicted molar refractivity (Wildman–Crippen MR) is 43.2 cm³/mol. The minimum Gasteiger partial charge on any atom is -0.388 e. The number of nitrogens with zero attached hydrogens (tertiary/aromatic N) is 1. The maximum atomic E-state index is 11.7. The SMILES string of the molecule is NCc1ccc(OC(F)(F)F)nc1N. The first-order chi connectivity index (χ1) is 6.42. The summed E-state index contributed by atoms with van der Waals surface area (Å²) in [6, 6.07) is 2.40. The molecule has 0 radical (unpaired) electrons. The second-order valence-electron chi connectivity index (χ2n) is 2.45. The fourth-order valence-electron chi connectivity index (χ4n) is 0.833. The number of pyridine rings is 1. The van der Waals surface area contributed by atoms with Gasteiger partial charge in [-0.3, -0.25) is 0 Å². The van der Waals surface area contributed by atoms with Crippen molar-refractivity contribution in [3.05, 3.63) is 17.7 Å². The molecule has 1 aromatic rings. The van der Waals surface area contributed by atoms with Crippen molar-refractivity contribution in [1.82, 2.24) is 4.98 Å². The van der Waals surface area contributed by atoms with E-state index in [4.69, 9.17) is 11.5 Å². The Morgan fingerprint density at radius 1 is 1.36 bits per heavy atom. The molecule has 0 unspecified atom stereocenters. The van der Waals surface area contributed by atoms with Crippen molar-refractivity contribution in [3.8, 4) is 5.88 Å². The molecule has 0 amide bonds. The maximum Gasteiger partial charge on any atom is 0.574 e. The fourth-order valence-corrected chi connectivity index (χ4v) is 0.833. The summed E-state index contributed by atoms with van der Waals surface area (Å²) in [5.41, 5.74) is 11.0. The van der Waals surface area contributed by atoms with E-state index in [1.54, 1.807) is 0 Å². The Labute approximate surface area is 77.7 Å². The van der Waals surface area contributed by atoms with Crippen molar-refractivity contribution in [2.75, 3.05) is 5.73 Å². The molecule has 78 valence electrons. The van der Waals surface area contributed by atoms with Gasteiger partial charge in [0, 0.05) is 18.2 Å². The minimum absolute atomic E-state index is 0.0609. The molecule has 0 spiro atoms. The van der Waals surface area contributed by atoms with E-state index in [1.165, 1.54) is 6.07 Å². The van der Waals surface area contributed by atoms with E-state index in [0.717, 1.165) is 6.07 Å². The van der Waals surface area contributed by atoms with Gasteiger partial charge in [0.05, 0.1) is 0 Å². The van der Waals surface area contributed by atoms with E-state index in [9.17, 15) is 13.2 Å². The summed E-state index contributed by atoms with van der Waals surface area (Å²) in [4.78, 5) is 3.38. The molecule has 0 aliphatic rings. The van der Waals surface area contributed by atoms with Crippen LogP contribution in [0.5, 0.6) is 5.88 Å². The van der Waals surface area contributed by atoms with Gasteiger partial charge in [-0.2, -0.15) is 4.98 Å². The standard InChI is InChI=1S/C7H8F3N3O/c8-7(9,10)14-5-2-1-4(3-11)6(12)13-5/h1-2H,3,11H2,(H2,12,13). The van der Waals surface area contributed by atoms with Crippen molar-refractivity contribution in [2.24, 2.45) is 5.73 Å². The molecule has 0 atom stereocenters. The smallest absolute Gasteiger partial charge is 0.388 e. The van der Waals surface area contributed by atoms with Gasteiger partial charge in [-0.05, 0) is 6.07 Å². The van der Waals surface area contributed by atoms with Crippen LogP contribution in [-0.4, -0.2) is 11.3 Å². The highest BCUT2D eigenvalue weighted by Gasteiger charge is 2.31. The topological polar surface area (TPSA) is 74.2 Å². The molecule has 1 heterocycles. The third kappa shape index (κ3) is 2.77. The zero-order valence-electron chi connectivity index (χ0n) is 7.01. The van der Waals surface area contributed by atoms with Gasteiger partial charge < -0.3 is 16.2 Å². The van der Waals surface area contributed by atoms with Crippen LogP contribution in [0.3, 0.4) is 0 Å². The number of halogens is 3. The van der Waals surface area contributed by atoms with E-state index in [-0.39, 0.29) is 12.4 Å². The van der Waals surface area contributed by atoms with Gasteiger partial charge in [0.1, 0.15) is 5.82 Å². The first kappa shape index (κ1) is 10.6. The molecular weight excluding hydrogens is 199 g/mol. The van der Waals surface area contributed by atoms with Crippen LogP contribution in [0.25, 0.3) is 0 Å². The highest BCUT2D eigenvalue weighted by molar-refractivity contribution is 5.41. The number of hydrogen-bond donors (Lipinski definition) is 2. The number of alkyl halides is 3. The van der Waals surface area contributed by atoms with Crippen LogP contribution in [0.2, 0.25) is 0 Å². The largest absolute Gasteiger partial charge is 0.574 e. The van der Waals surface area contributed by atoms with Gasteiger partial charge in [-0.1, -0.05) is 0 Å². The molecule has 0 bridgehead atoms. The molecular formula is C7H8F3N3O. The van der Waals surface area contributed by atoms with Gasteiger partial charge >= 0.3 is 6.36 Å². The van der Waals surface area contributed by atoms with E-state index in [1.807, 2.05) is 0 Å². The molecule has 0 aromatic carbocycles. The van der Waals surface area contributed by atoms with Gasteiger partial charge in [-0.25, -0.2) is 0 Å². The molecule has 0 saturated carbocycles. The summed E-state index contributed by atoms with van der Waals surface area (Å²) in [6.45, 7) is 0.116. The average molecular weight is 207 g/mol. The number of rotatable bonds is 2. The lowest BCUT2D eigenvalue weighted by molar-refractivity contribution is -0.276. The van der Waals surface area contributed by atoms with E-state index < -0.39 is 12.2 Å². The number of ether oxygens (including phenoxy) is 1. The molecule has 4 nitrogen and oxygen atoms in total. The summed E-state index contributed by atoms with van der Waals surface area (Å²) in [5, 5.41) is 0. The number of anilines is 1. The average Bonchev–Trinajstić information content (AvgIpc) is 2.01. The van der Waals surface area contributed by atoms with Crippen LogP contribution in [0.1, 0.15) is 5.56 Å². The Hall–Kier alpha value is -1.50. The maximum absolute atomic E-state index is 11.7. The summed E-state index contributed by atoms with van der Waals surface area (Å²) in [5.74, 6) is -0.651. The summed E-state index contributed by atoms with van der Waals surface area (Å²) < 4.78 is 38.7. The number of hydrogen-bond acceptors (Lipinski definition) is 4. The Balaban J connectivity index is 2.87. The number of nitrogen functional groups attached to an aromatic ring is 1. The van der Waals surface area contributed by atoms with E-state index in [2.05, 4.69) is 9.72 Å². The molecule has 4 N–H and O–H groups in total. The Kier molecular flexibility index (Phi) is 2.80. The molecule has 7 heteroatoms. The van der Waals surface area contributed by atoms with E-state index >= 15 is 0 Å². The fraction of sp³-hybridized carbons (Fsp3) is 0.286. The summed E-state index contributed by atoms with van der Waals surface area (Å²) >= 11 is 0. The van der Waals surface area contributed by atoms with Crippen molar-refractivity contribution in [3.63, 3.8) is 0 Å². The zero-order valence-corrected chi connectivity index (χ0v) is 7.01. The third-order valence-corrected chi connectivity index (χ3v) is 1.43. The molecule has 0 aliphatic heterocycles. The molecule has 14 heavy (non-hydrogen) atoms. The normalized spacial score (nSPS) is 11.4. The lowest BCUT2D eigenvalue weighted by Crippen LogP contribution is -2.18. The second-order valence-corrected chi connectivity index (χ2v) is 2.45. The van der Waals surface area contributed by atoms with Crippen molar-refractivity contribution in [1.29, 1.82) is 0 Å². The minimum atomic E-state index is -4.76. The van der Waals surface area contributed by atoms with Crippen LogP contribution in [0.4, 0.5) is 19.0 Å². The van der Waals surface area contributed by atoms with E-state index in [0.29, 0.717) is 5.56 Å². The Morgan fingerprint density at radius 2 is 2.00 bits per heavy atom. The van der Waals surface area contributed by atoms with Gasteiger partial charge in [0.25, 0.3) is 0 Å². The molecule has 0 aliphatic carbocycles. The van der Waals surface area contributed by atoms with Crippen LogP contribution >= 0.6 is 0 Å². The predicted octanol–water partition coefficient (Wildman–Crippen LogP) is 1.02. The molecule has 0 fully saturated rings. The monoisotopic (exact) mass is 207 g/mol. The third-order valence-electron chi connectivity index (χ3n) is 1.43. The number of aromatic nitrogens is 1. The Morgan fingerprint density at radius 3 is 2.43 bits per heavy atom. The lowest BCUT2D eigenvalue weighted by Gasteiger charge is -2.09. The van der Waals surface area contributed by atoms with Gasteiger partial charge in [-0.15, -0.1) is 13.2 Å². The van der Waals surface area contributed by atoms with Gasteiger partial charge in [0.2, 0.25) is 5.88 Å². The summed E-state index contributed by atoms with van der Waals surface area (Å²) in [6.07, 6.45) is -4.76. The lowest BCUT2D eigenvalue weighted by atomic mass is 10.2. The van der Waals surface area contributed by atoms with Crippen molar-refractivity contribution >= 4 is 5.82 Å². The highest BCUT2D eigenvalue weighted by atomic mass is 19.4. The highest BCUT2D eigenvalue weighted by Crippen LogP contribution is 2.22. The van der Waals surface area contributed by atoms with Crippen LogP contribution < -0.4 is 16.2 Å². The quantitative estimate of drug-likeness (QED) is 0.759. The van der Waals surface area contributed by atoms with Gasteiger partial charge in [0.15, 0.2) is 0 Å². The second kappa shape index (κ2) is 3.70. The summed E-state index contributed by atoms with van der Waals surface area (Å²) in [7, 11) is 0. The first-order valence-corrected chi connectivity index (χ1v) is 3.63. The zero-order chi connectivity index (χ0) is 10.8. The van der Waals surface area contributed by atoms with Crippen LogP contribution in [0.15, 0.2) is 12.1 Å². The van der Waals surface area contributed by atoms with Crippen molar-refractivity contribution in [2.45, 2.75) is 12.9 Å².